The van der Waals surface area contributed by atoms with Crippen molar-refractivity contribution in [3.8, 4) is 118 Å². The first-order valence-electron chi connectivity index (χ1n) is 49.0. The van der Waals surface area contributed by atoms with Gasteiger partial charge in [0.1, 0.15) is 0 Å². The Hall–Kier alpha value is -8.06. The number of hydrogen-bond acceptors (Lipinski definition) is 19. The average Bonchev–Trinajstić information content (AvgIpc) is 1.68. The summed E-state index contributed by atoms with van der Waals surface area (Å²) in [5.74, 6) is 57.0. The maximum absolute atomic E-state index is 11.4. The molecular formula is C114H187N9O10. The van der Waals surface area contributed by atoms with Crippen molar-refractivity contribution in [2.45, 2.75) is 384 Å². The lowest BCUT2D eigenvalue weighted by Crippen LogP contribution is -2.44. The monoisotopic (exact) mass is 1840 g/mol. The van der Waals surface area contributed by atoms with Crippen molar-refractivity contribution in [2.75, 3.05) is 109 Å². The third-order valence-corrected chi connectivity index (χ3v) is 23.2. The van der Waals surface area contributed by atoms with E-state index in [2.05, 4.69) is 215 Å². The lowest BCUT2D eigenvalue weighted by atomic mass is 9.98. The number of nitrogens with zero attached hydrogens (tertiary/aromatic N) is 9. The molecule has 4 saturated heterocycles. The van der Waals surface area contributed by atoms with Gasteiger partial charge in [0, 0.05) is 89.9 Å². The van der Waals surface area contributed by atoms with Gasteiger partial charge in [0.05, 0.1) is 53.4 Å². The molecule has 5 atom stereocenters. The number of carbonyl (C=O) groups is 10. The number of likely N-dealkylation sites (tertiary alicyclic amines) is 4. The molecule has 4 aliphatic heterocycles. The highest BCUT2D eigenvalue weighted by atomic mass is 16.2. The van der Waals surface area contributed by atoms with Gasteiger partial charge in [-0.1, -0.05) is 217 Å². The summed E-state index contributed by atoms with van der Waals surface area (Å²) >= 11 is 0. The van der Waals surface area contributed by atoms with E-state index in [9.17, 15) is 47.9 Å². The zero-order valence-electron chi connectivity index (χ0n) is 92.4. The second-order valence-corrected chi connectivity index (χ2v) is 41.3. The van der Waals surface area contributed by atoms with Gasteiger partial charge < -0.3 is 0 Å². The van der Waals surface area contributed by atoms with Crippen LogP contribution in [0, 0.1) is 178 Å². The first kappa shape index (κ1) is 133. The molecule has 5 unspecified atom stereocenters. The molecule has 19 nitrogen and oxygen atoms in total. The molecule has 0 spiro atoms. The van der Waals surface area contributed by atoms with Crippen molar-refractivity contribution in [3.05, 3.63) is 0 Å². The van der Waals surface area contributed by atoms with E-state index in [1.807, 2.05) is 246 Å². The second-order valence-electron chi connectivity index (χ2n) is 41.3. The molecule has 0 radical (unpaired) electrons. The number of ketones is 10. The van der Waals surface area contributed by atoms with Gasteiger partial charge in [0.2, 0.25) is 57.8 Å². The predicted octanol–water partition coefficient (Wildman–Crippen LogP) is 17.1. The van der Waals surface area contributed by atoms with Crippen LogP contribution in [0.2, 0.25) is 0 Å². The van der Waals surface area contributed by atoms with Crippen LogP contribution < -0.4 is 0 Å². The molecule has 19 heteroatoms. The van der Waals surface area contributed by atoms with E-state index in [-0.39, 0.29) is 145 Å². The Kier molecular flexibility index (Phi) is 70.8. The topological polar surface area (TPSA) is 200 Å². The van der Waals surface area contributed by atoms with E-state index in [1.54, 1.807) is 6.92 Å². The molecular weight excluding hydrogens is 1660 g/mol. The lowest BCUT2D eigenvalue weighted by Gasteiger charge is -2.37. The van der Waals surface area contributed by atoms with Gasteiger partial charge in [-0.25, -0.2) is 0 Å². The van der Waals surface area contributed by atoms with Crippen LogP contribution in [0.3, 0.4) is 0 Å². The zero-order valence-corrected chi connectivity index (χ0v) is 92.4. The van der Waals surface area contributed by atoms with Crippen molar-refractivity contribution in [1.82, 2.24) is 44.1 Å². The SMILES string of the molecule is CC#CC(=O)C(C)C.CC(C)C(=O)C#CC(C)(C)N(C)C.CC(C)C(=O)C#CC(C)(C)N(C)C(C)C.CC(C)C(=O)C#CC(C)(C)N(C)C1CC1.CC(C)C(=O)C#CC(C)N(C)C.CC(C)C(=O)C#CC1CCCN1C.CC(C)C(=O)C#CC1CCN1C.CC(C)C(=O)C#CCN1C(C)CCCC1C.CC(C)C(=O)C#CCN1CCCCC1.CCCN(C)C(C)(C)C#CC(=O)C(C)C. The fourth-order valence-electron chi connectivity index (χ4n) is 10.8. The average molecular weight is 1840 g/mol. The van der Waals surface area contributed by atoms with Crippen molar-refractivity contribution < 1.29 is 47.9 Å². The number of hydrogen-bond donors (Lipinski definition) is 0. The summed E-state index contributed by atoms with van der Waals surface area (Å²) in [7, 11) is 18.0. The Morgan fingerprint density at radius 2 is 0.684 bits per heavy atom. The summed E-state index contributed by atoms with van der Waals surface area (Å²) in [6.07, 6.45) is 14.8. The van der Waals surface area contributed by atoms with Gasteiger partial charge in [0.25, 0.3) is 0 Å². The van der Waals surface area contributed by atoms with Crippen LogP contribution in [0.4, 0.5) is 0 Å². The van der Waals surface area contributed by atoms with Crippen molar-refractivity contribution in [1.29, 1.82) is 0 Å². The summed E-state index contributed by atoms with van der Waals surface area (Å²) in [5, 5.41) is 0. The summed E-state index contributed by atoms with van der Waals surface area (Å²) < 4.78 is 0. The van der Waals surface area contributed by atoms with Crippen molar-refractivity contribution >= 4 is 57.8 Å². The third-order valence-electron chi connectivity index (χ3n) is 23.2. The molecule has 0 bridgehead atoms. The van der Waals surface area contributed by atoms with Crippen LogP contribution in [-0.2, 0) is 47.9 Å². The highest BCUT2D eigenvalue weighted by molar-refractivity contribution is 6.00. The maximum Gasteiger partial charge on any atom is 0.208 e. The number of piperidine rings is 2. The smallest absolute Gasteiger partial charge is 0.208 e. The molecule has 4 heterocycles. The van der Waals surface area contributed by atoms with E-state index in [4.69, 9.17) is 0 Å². The van der Waals surface area contributed by atoms with Crippen LogP contribution in [0.1, 0.15) is 319 Å². The van der Waals surface area contributed by atoms with E-state index in [1.165, 1.54) is 57.8 Å². The van der Waals surface area contributed by atoms with Gasteiger partial charge in [-0.15, -0.1) is 0 Å². The van der Waals surface area contributed by atoms with Gasteiger partial charge in [-0.2, -0.15) is 0 Å². The van der Waals surface area contributed by atoms with E-state index in [0.29, 0.717) is 36.3 Å². The molecule has 0 aromatic heterocycles. The number of rotatable bonds is 21. The summed E-state index contributed by atoms with van der Waals surface area (Å²) in [4.78, 5) is 132. The van der Waals surface area contributed by atoms with Gasteiger partial charge in [0.15, 0.2) is 0 Å². The summed E-state index contributed by atoms with van der Waals surface area (Å²) in [6, 6.07) is 3.08. The maximum atomic E-state index is 11.4. The molecule has 5 fully saturated rings. The van der Waals surface area contributed by atoms with Crippen LogP contribution in [0.15, 0.2) is 0 Å². The fraction of sp³-hybridized carbons (Fsp3) is 0.737. The Bertz CT molecular complexity index is 4140. The van der Waals surface area contributed by atoms with E-state index in [0.717, 1.165) is 65.1 Å². The molecule has 0 aromatic carbocycles. The molecule has 133 heavy (non-hydrogen) atoms. The first-order chi connectivity index (χ1) is 61.2. The zero-order chi connectivity index (χ0) is 104. The molecule has 0 amide bonds. The molecule has 1 aliphatic carbocycles. The summed E-state index contributed by atoms with van der Waals surface area (Å²) in [5.41, 5.74) is -0.893. The number of carbonyl (C=O) groups excluding carboxylic acids is 10. The second kappa shape index (κ2) is 70.6. The van der Waals surface area contributed by atoms with Crippen LogP contribution in [0.5, 0.6) is 0 Å². The molecule has 748 valence electrons. The standard InChI is InChI=1S/C14H23NO.C13H21NO.2C13H23NO.C12H19NO.C11H17NO.C11H19NO.C10H15NO.C10H17NO.C7H10O/c1-11(2)14(16)9-6-10-15-12(3)7-5-8-13(15)4;1-10(2)12(15)8-9-13(3,4)14(5)11-6-7-11;1-10(2)12(15)8-9-13(5,6)14(7)11(3)4;1-7-10-14(6)13(4,5)9-8-12(15)11(2)3;1-11(2)12(14)7-6-10-13-8-4-3-5-9-13;1-9(2)11(13)7-6-10-5-4-8-12(10)3;1-9(2)10(13)7-8-11(3,4)12(5)6;1-8(2)10(12)5-4-9-6-7-11(9)3;1-8(2)10(12)7-6-9(3)11(4)5;1-4-5-7(8)6(2)3/h11-13H,5,7-8,10H2,1-4H3;10-11H,6-7H2,1-5H3;10-11H,1-7H3;11H,7,10H2,1-6H3;11H,3-5,8-10H2,1-2H3;9-10H,4-5,8H2,1-3H3;9H,1-6H3;8-9H,6-7H2,1-3H3;8-9H,1-5H3;6H,1-3H3. The quantitative estimate of drug-likeness (QED) is 0.0775. The minimum absolute atomic E-state index is 0.00217. The minimum atomic E-state index is -0.251. The highest BCUT2D eigenvalue weighted by Crippen LogP contribution is 2.31. The van der Waals surface area contributed by atoms with Gasteiger partial charge in [-0.3, -0.25) is 92.0 Å². The molecule has 1 saturated carbocycles. The molecule has 5 rings (SSSR count). The first-order valence-corrected chi connectivity index (χ1v) is 49.0. The van der Waals surface area contributed by atoms with Gasteiger partial charge in [-0.05, 0) is 310 Å². The Morgan fingerprint density at radius 1 is 0.353 bits per heavy atom. The van der Waals surface area contributed by atoms with Crippen LogP contribution in [-0.4, -0.2) is 276 Å². The van der Waals surface area contributed by atoms with Gasteiger partial charge >= 0.3 is 0 Å². The van der Waals surface area contributed by atoms with Crippen LogP contribution >= 0.6 is 0 Å². The van der Waals surface area contributed by atoms with Crippen molar-refractivity contribution in [2.24, 2.45) is 59.2 Å². The van der Waals surface area contributed by atoms with E-state index >= 15 is 0 Å². The van der Waals surface area contributed by atoms with Crippen LogP contribution in [0.25, 0.3) is 0 Å². The lowest BCUT2D eigenvalue weighted by molar-refractivity contribution is -0.117. The predicted molar refractivity (Wildman–Crippen MR) is 558 cm³/mol. The summed E-state index contributed by atoms with van der Waals surface area (Å²) in [6.45, 7) is 75.3. The fourth-order valence-corrected chi connectivity index (χ4v) is 10.8. The Morgan fingerprint density at radius 3 is 0.992 bits per heavy atom. The number of Topliss-reactive ketones (excluding diaryl/α,β-unsaturated/α-hetero) is 10. The largest absolute Gasteiger partial charge is 0.296 e. The molecule has 0 N–H and O–H groups in total. The minimum Gasteiger partial charge on any atom is -0.296 e. The third kappa shape index (κ3) is 64.6. The Labute approximate surface area is 815 Å². The molecule has 0 aromatic rings. The van der Waals surface area contributed by atoms with Crippen molar-refractivity contribution in [3.63, 3.8) is 0 Å². The highest BCUT2D eigenvalue weighted by Gasteiger charge is 2.35. The molecule has 5 aliphatic rings. The normalized spacial score (nSPS) is 16.5. The van der Waals surface area contributed by atoms with E-state index < -0.39 is 0 Å². The Balaban J connectivity index is -0.000000458.